The Bertz CT molecular complexity index is 974. The van der Waals surface area contributed by atoms with Gasteiger partial charge in [-0.25, -0.2) is 9.97 Å². The van der Waals surface area contributed by atoms with Crippen molar-refractivity contribution in [3.63, 3.8) is 0 Å². The third-order valence-corrected chi connectivity index (χ3v) is 4.45. The number of nitrogens with one attached hydrogen (secondary N) is 2. The van der Waals surface area contributed by atoms with Gasteiger partial charge in [-0.1, -0.05) is 31.2 Å². The van der Waals surface area contributed by atoms with Crippen molar-refractivity contribution >= 4 is 17.4 Å². The number of aryl methyl sites for hydroxylation is 1. The molecule has 0 saturated carbocycles. The van der Waals surface area contributed by atoms with Crippen molar-refractivity contribution in [2.75, 3.05) is 24.9 Å². The normalized spacial score (nSPS) is 10.3. The van der Waals surface area contributed by atoms with E-state index in [9.17, 15) is 4.79 Å². The fourth-order valence-electron chi connectivity index (χ4n) is 2.86. The van der Waals surface area contributed by atoms with Crippen LogP contribution in [0.3, 0.4) is 0 Å². The molecule has 0 fully saturated rings. The molecule has 0 aliphatic heterocycles. The van der Waals surface area contributed by atoms with Gasteiger partial charge in [0.05, 0.1) is 26.6 Å². The number of anilines is 2. The van der Waals surface area contributed by atoms with Gasteiger partial charge in [-0.05, 0) is 35.7 Å². The number of carbonyl (C=O) groups excluding carboxylic acids is 1. The number of ether oxygens (including phenoxy) is 2. The van der Waals surface area contributed by atoms with Gasteiger partial charge in [0.15, 0.2) is 11.5 Å². The fraction of sp³-hybridized carbons (Fsp3) is 0.227. The number of aromatic nitrogens is 2. The summed E-state index contributed by atoms with van der Waals surface area (Å²) in [6, 6.07) is 13.4. The van der Waals surface area contributed by atoms with Crippen LogP contribution in [-0.2, 0) is 13.0 Å². The molecule has 1 amide bonds. The lowest BCUT2D eigenvalue weighted by Crippen LogP contribution is -2.15. The second-order valence-corrected chi connectivity index (χ2v) is 6.29. The van der Waals surface area contributed by atoms with Crippen molar-refractivity contribution in [3.05, 3.63) is 71.7 Å². The molecule has 7 heteroatoms. The fourth-order valence-corrected chi connectivity index (χ4v) is 2.86. The molecule has 0 radical (unpaired) electrons. The molecule has 7 nitrogen and oxygen atoms in total. The highest BCUT2D eigenvalue weighted by Gasteiger charge is 2.11. The zero-order valence-electron chi connectivity index (χ0n) is 16.7. The molecule has 3 rings (SSSR count). The van der Waals surface area contributed by atoms with Crippen LogP contribution in [0.15, 0.2) is 54.9 Å². The molecule has 1 heterocycles. The lowest BCUT2D eigenvalue weighted by atomic mass is 10.1. The summed E-state index contributed by atoms with van der Waals surface area (Å²) in [4.78, 5) is 21.0. The van der Waals surface area contributed by atoms with E-state index in [0.29, 0.717) is 23.9 Å². The van der Waals surface area contributed by atoms with E-state index in [0.717, 1.165) is 23.2 Å². The largest absolute Gasteiger partial charge is 0.493 e. The highest BCUT2D eigenvalue weighted by Crippen LogP contribution is 2.27. The lowest BCUT2D eigenvalue weighted by Gasteiger charge is -2.11. The van der Waals surface area contributed by atoms with Crippen LogP contribution in [0.4, 0.5) is 11.5 Å². The Balaban J connectivity index is 1.62. The second-order valence-electron chi connectivity index (χ2n) is 6.29. The number of hydrogen-bond donors (Lipinski definition) is 2. The van der Waals surface area contributed by atoms with E-state index in [1.165, 1.54) is 6.20 Å². The number of carbonyl (C=O) groups is 1. The monoisotopic (exact) mass is 392 g/mol. The van der Waals surface area contributed by atoms with E-state index < -0.39 is 0 Å². The van der Waals surface area contributed by atoms with Crippen LogP contribution < -0.4 is 20.1 Å². The Morgan fingerprint density at radius 1 is 1.00 bits per heavy atom. The molecule has 0 saturated heterocycles. The SMILES string of the molecule is CCc1ccccc1NC(=O)c1cnc(NCc2ccc(OC)c(OC)c2)cn1. The minimum Gasteiger partial charge on any atom is -0.493 e. The standard InChI is InChI=1S/C22H24N4O3/c1-4-16-7-5-6-8-17(16)26-22(27)18-13-25-21(14-23-18)24-12-15-9-10-19(28-2)20(11-15)29-3/h5-11,13-14H,4,12H2,1-3H3,(H,24,25)(H,26,27). The molecule has 3 aromatic rings. The van der Waals surface area contributed by atoms with E-state index in [2.05, 4.69) is 20.6 Å². The summed E-state index contributed by atoms with van der Waals surface area (Å²) in [5.41, 5.74) is 3.12. The first kappa shape index (κ1) is 20.1. The minimum absolute atomic E-state index is 0.257. The van der Waals surface area contributed by atoms with Crippen LogP contribution in [-0.4, -0.2) is 30.1 Å². The quantitative estimate of drug-likeness (QED) is 0.604. The van der Waals surface area contributed by atoms with Crippen molar-refractivity contribution in [2.45, 2.75) is 19.9 Å². The third-order valence-electron chi connectivity index (χ3n) is 4.45. The smallest absolute Gasteiger partial charge is 0.275 e. The maximum Gasteiger partial charge on any atom is 0.275 e. The average molecular weight is 392 g/mol. The van der Waals surface area contributed by atoms with Gasteiger partial charge in [0, 0.05) is 12.2 Å². The zero-order chi connectivity index (χ0) is 20.6. The first-order chi connectivity index (χ1) is 14.1. The number of methoxy groups -OCH3 is 2. The van der Waals surface area contributed by atoms with Gasteiger partial charge in [-0.3, -0.25) is 4.79 Å². The summed E-state index contributed by atoms with van der Waals surface area (Å²) in [5.74, 6) is 1.63. The zero-order valence-corrected chi connectivity index (χ0v) is 16.7. The van der Waals surface area contributed by atoms with Crippen LogP contribution in [0.5, 0.6) is 11.5 Å². The van der Waals surface area contributed by atoms with Crippen molar-refractivity contribution in [2.24, 2.45) is 0 Å². The summed E-state index contributed by atoms with van der Waals surface area (Å²) in [5, 5.41) is 6.07. The summed E-state index contributed by atoms with van der Waals surface area (Å²) < 4.78 is 10.6. The predicted molar refractivity (Wildman–Crippen MR) is 113 cm³/mol. The Labute approximate surface area is 170 Å². The van der Waals surface area contributed by atoms with Gasteiger partial charge >= 0.3 is 0 Å². The number of nitrogens with zero attached hydrogens (tertiary/aromatic N) is 2. The predicted octanol–water partition coefficient (Wildman–Crippen LogP) is 3.92. The highest BCUT2D eigenvalue weighted by molar-refractivity contribution is 6.03. The van der Waals surface area contributed by atoms with Crippen molar-refractivity contribution in [1.82, 2.24) is 9.97 Å². The number of para-hydroxylation sites is 1. The Morgan fingerprint density at radius 2 is 1.79 bits per heavy atom. The molecule has 2 aromatic carbocycles. The molecule has 150 valence electrons. The molecule has 1 aromatic heterocycles. The van der Waals surface area contributed by atoms with E-state index in [4.69, 9.17) is 9.47 Å². The van der Waals surface area contributed by atoms with E-state index in [1.807, 2.05) is 49.4 Å². The summed E-state index contributed by atoms with van der Waals surface area (Å²) >= 11 is 0. The van der Waals surface area contributed by atoms with Gasteiger partial charge in [0.25, 0.3) is 5.91 Å². The van der Waals surface area contributed by atoms with Crippen LogP contribution in [0.25, 0.3) is 0 Å². The molecule has 0 atom stereocenters. The van der Waals surface area contributed by atoms with Gasteiger partial charge in [0.1, 0.15) is 11.5 Å². The molecule has 0 aliphatic rings. The van der Waals surface area contributed by atoms with E-state index in [1.54, 1.807) is 20.4 Å². The maximum absolute atomic E-state index is 12.4. The van der Waals surface area contributed by atoms with Gasteiger partial charge < -0.3 is 20.1 Å². The molecule has 29 heavy (non-hydrogen) atoms. The molecular weight excluding hydrogens is 368 g/mol. The molecule has 2 N–H and O–H groups in total. The summed E-state index contributed by atoms with van der Waals surface area (Å²) in [7, 11) is 3.20. The summed E-state index contributed by atoms with van der Waals surface area (Å²) in [6.45, 7) is 2.58. The molecule has 0 bridgehead atoms. The van der Waals surface area contributed by atoms with Crippen LogP contribution in [0.1, 0.15) is 28.5 Å². The number of benzene rings is 2. The van der Waals surface area contributed by atoms with E-state index >= 15 is 0 Å². The third kappa shape index (κ3) is 5.01. The first-order valence-electron chi connectivity index (χ1n) is 9.30. The van der Waals surface area contributed by atoms with Crippen LogP contribution in [0, 0.1) is 0 Å². The van der Waals surface area contributed by atoms with Gasteiger partial charge in [-0.2, -0.15) is 0 Å². The Hall–Kier alpha value is -3.61. The lowest BCUT2D eigenvalue weighted by molar-refractivity contribution is 0.102. The Kier molecular flexibility index (Phi) is 6.63. The molecule has 0 aliphatic carbocycles. The summed E-state index contributed by atoms with van der Waals surface area (Å²) in [6.07, 6.45) is 3.84. The minimum atomic E-state index is -0.287. The van der Waals surface area contributed by atoms with Crippen molar-refractivity contribution in [1.29, 1.82) is 0 Å². The number of rotatable bonds is 8. The topological polar surface area (TPSA) is 85.4 Å². The number of amides is 1. The van der Waals surface area contributed by atoms with Crippen LogP contribution >= 0.6 is 0 Å². The highest BCUT2D eigenvalue weighted by atomic mass is 16.5. The first-order valence-corrected chi connectivity index (χ1v) is 9.30. The molecule has 0 unspecified atom stereocenters. The second kappa shape index (κ2) is 9.54. The molecule has 0 spiro atoms. The van der Waals surface area contributed by atoms with Gasteiger partial charge in [-0.15, -0.1) is 0 Å². The van der Waals surface area contributed by atoms with Crippen molar-refractivity contribution < 1.29 is 14.3 Å². The Morgan fingerprint density at radius 3 is 2.48 bits per heavy atom. The van der Waals surface area contributed by atoms with Crippen LogP contribution in [0.2, 0.25) is 0 Å². The average Bonchev–Trinajstić information content (AvgIpc) is 2.78. The van der Waals surface area contributed by atoms with Gasteiger partial charge in [0.2, 0.25) is 0 Å². The maximum atomic E-state index is 12.4. The molecular formula is C22H24N4O3. The van der Waals surface area contributed by atoms with Crippen molar-refractivity contribution in [3.8, 4) is 11.5 Å². The number of hydrogen-bond acceptors (Lipinski definition) is 6. The van der Waals surface area contributed by atoms with E-state index in [-0.39, 0.29) is 11.6 Å².